The molecule has 0 aliphatic carbocycles. The molecule has 0 spiro atoms. The first-order valence-electron chi connectivity index (χ1n) is 12.0. The number of para-hydroxylation sites is 1. The number of nitrogens with one attached hydrogen (secondary N) is 1. The Balaban J connectivity index is 1.56. The summed E-state index contributed by atoms with van der Waals surface area (Å²) in [6.45, 7) is 1.26. The van der Waals surface area contributed by atoms with Gasteiger partial charge in [-0.25, -0.2) is 16.8 Å². The van der Waals surface area contributed by atoms with Crippen LogP contribution < -0.4 is 14.4 Å². The van der Waals surface area contributed by atoms with Crippen LogP contribution in [-0.2, 0) is 24.7 Å². The zero-order chi connectivity index (χ0) is 28.0. The van der Waals surface area contributed by atoms with Crippen molar-refractivity contribution in [3.05, 3.63) is 115 Å². The third-order valence-electron chi connectivity index (χ3n) is 5.91. The number of amides is 1. The number of carbonyl (C=O) groups excluding carboxylic acids is 1. The van der Waals surface area contributed by atoms with Crippen LogP contribution in [-0.4, -0.2) is 35.5 Å². The fourth-order valence-electron chi connectivity index (χ4n) is 3.84. The predicted molar refractivity (Wildman–Crippen MR) is 150 cm³/mol. The molecule has 0 saturated carbocycles. The van der Waals surface area contributed by atoms with E-state index in [1.165, 1.54) is 24.3 Å². The maximum atomic E-state index is 13.6. The van der Waals surface area contributed by atoms with Gasteiger partial charge < -0.3 is 10.1 Å². The summed E-state index contributed by atoms with van der Waals surface area (Å²) < 4.78 is 57.5. The number of anilines is 1. The molecule has 0 unspecified atom stereocenters. The van der Waals surface area contributed by atoms with Crippen molar-refractivity contribution in [1.82, 2.24) is 5.32 Å². The molecule has 8 nitrogen and oxygen atoms in total. The standard InChI is InChI=1S/C29H28N2O6S2/c1-22(23-13-19-27(20-14-23)38(2,33)34)30-29(32)21-31(39(35,36)28-11-7-4-8-12-28)24-15-17-26(18-16-24)37-25-9-5-3-6-10-25/h3-20,22H,21H2,1-2H3,(H,30,32)/t22-/m0/s1. The molecule has 0 heterocycles. The van der Waals surface area contributed by atoms with Crippen LogP contribution >= 0.6 is 0 Å². The van der Waals surface area contributed by atoms with Crippen molar-refractivity contribution in [2.45, 2.75) is 22.8 Å². The summed E-state index contributed by atoms with van der Waals surface area (Å²) in [6, 6.07) is 29.2. The predicted octanol–water partition coefficient (Wildman–Crippen LogP) is 4.96. The molecule has 4 aromatic rings. The highest BCUT2D eigenvalue weighted by atomic mass is 32.2. The average Bonchev–Trinajstić information content (AvgIpc) is 2.93. The second-order valence-corrected chi connectivity index (χ2v) is 12.7. The van der Waals surface area contributed by atoms with Crippen molar-refractivity contribution in [1.29, 1.82) is 0 Å². The lowest BCUT2D eigenvalue weighted by atomic mass is 10.1. The Kier molecular flexibility index (Phi) is 8.37. The maximum absolute atomic E-state index is 13.6. The summed E-state index contributed by atoms with van der Waals surface area (Å²) in [6.07, 6.45) is 1.12. The lowest BCUT2D eigenvalue weighted by molar-refractivity contribution is -0.120. The minimum atomic E-state index is -4.08. The minimum absolute atomic E-state index is 0.0480. The van der Waals surface area contributed by atoms with Crippen molar-refractivity contribution in [3.8, 4) is 11.5 Å². The first kappa shape index (κ1) is 27.9. The van der Waals surface area contributed by atoms with Gasteiger partial charge in [-0.15, -0.1) is 0 Å². The molecule has 0 radical (unpaired) electrons. The molecule has 0 saturated heterocycles. The van der Waals surface area contributed by atoms with E-state index in [-0.39, 0.29) is 9.79 Å². The lowest BCUT2D eigenvalue weighted by Gasteiger charge is -2.25. The van der Waals surface area contributed by atoms with Crippen LogP contribution in [0.5, 0.6) is 11.5 Å². The second kappa shape index (κ2) is 11.7. The number of rotatable bonds is 10. The zero-order valence-electron chi connectivity index (χ0n) is 21.4. The highest BCUT2D eigenvalue weighted by Crippen LogP contribution is 2.28. The van der Waals surface area contributed by atoms with Gasteiger partial charge in [-0.3, -0.25) is 9.10 Å². The summed E-state index contributed by atoms with van der Waals surface area (Å²) in [4.78, 5) is 13.3. The molecule has 202 valence electrons. The molecule has 1 atom stereocenters. The zero-order valence-corrected chi connectivity index (χ0v) is 23.0. The highest BCUT2D eigenvalue weighted by molar-refractivity contribution is 7.93. The van der Waals surface area contributed by atoms with Gasteiger partial charge in [0.05, 0.1) is 21.5 Å². The van der Waals surface area contributed by atoms with Crippen LogP contribution in [0.15, 0.2) is 119 Å². The van der Waals surface area contributed by atoms with Gasteiger partial charge >= 0.3 is 0 Å². The second-order valence-electron chi connectivity index (χ2n) is 8.86. The number of ether oxygens (including phenoxy) is 1. The molecule has 0 fully saturated rings. The smallest absolute Gasteiger partial charge is 0.264 e. The van der Waals surface area contributed by atoms with Crippen LogP contribution in [0.2, 0.25) is 0 Å². The Morgan fingerprint density at radius 3 is 1.85 bits per heavy atom. The monoisotopic (exact) mass is 564 g/mol. The molecule has 0 aliphatic heterocycles. The van der Waals surface area contributed by atoms with Crippen molar-refractivity contribution in [3.63, 3.8) is 0 Å². The molecule has 39 heavy (non-hydrogen) atoms. The number of hydrogen-bond acceptors (Lipinski definition) is 6. The van der Waals surface area contributed by atoms with Crippen molar-refractivity contribution >= 4 is 31.5 Å². The highest BCUT2D eigenvalue weighted by Gasteiger charge is 2.27. The summed E-state index contributed by atoms with van der Waals surface area (Å²) in [5.74, 6) is 0.619. The van der Waals surface area contributed by atoms with E-state index in [9.17, 15) is 21.6 Å². The number of sulfonamides is 1. The quantitative estimate of drug-likeness (QED) is 0.292. The summed E-state index contributed by atoms with van der Waals surface area (Å²) in [5.41, 5.74) is 0.968. The van der Waals surface area contributed by atoms with E-state index in [0.717, 1.165) is 10.6 Å². The molecule has 0 bridgehead atoms. The first-order chi connectivity index (χ1) is 18.5. The molecule has 10 heteroatoms. The van der Waals surface area contributed by atoms with Crippen LogP contribution in [0.25, 0.3) is 0 Å². The first-order valence-corrected chi connectivity index (χ1v) is 15.4. The molecule has 4 rings (SSSR count). The third kappa shape index (κ3) is 7.04. The summed E-state index contributed by atoms with van der Waals surface area (Å²) >= 11 is 0. The fourth-order valence-corrected chi connectivity index (χ4v) is 5.92. The third-order valence-corrected chi connectivity index (χ3v) is 8.82. The van der Waals surface area contributed by atoms with Crippen molar-refractivity contribution in [2.24, 2.45) is 0 Å². The molecule has 0 aromatic heterocycles. The maximum Gasteiger partial charge on any atom is 0.264 e. The van der Waals surface area contributed by atoms with Gasteiger partial charge in [-0.1, -0.05) is 48.5 Å². The molecular formula is C29H28N2O6S2. The van der Waals surface area contributed by atoms with Gasteiger partial charge in [0.2, 0.25) is 5.91 Å². The van der Waals surface area contributed by atoms with Gasteiger partial charge in [-0.2, -0.15) is 0 Å². The van der Waals surface area contributed by atoms with Gasteiger partial charge in [0.1, 0.15) is 18.0 Å². The van der Waals surface area contributed by atoms with E-state index in [1.807, 2.05) is 18.2 Å². The summed E-state index contributed by atoms with van der Waals surface area (Å²) in [5, 5.41) is 2.80. The Morgan fingerprint density at radius 1 is 0.744 bits per heavy atom. The number of hydrogen-bond donors (Lipinski definition) is 1. The largest absolute Gasteiger partial charge is 0.457 e. The van der Waals surface area contributed by atoms with E-state index < -0.39 is 38.4 Å². The topological polar surface area (TPSA) is 110 Å². The number of sulfone groups is 1. The van der Waals surface area contributed by atoms with Crippen LogP contribution in [0, 0.1) is 0 Å². The van der Waals surface area contributed by atoms with Gasteiger partial charge in [0.25, 0.3) is 10.0 Å². The summed E-state index contributed by atoms with van der Waals surface area (Å²) in [7, 11) is -7.43. The van der Waals surface area contributed by atoms with Gasteiger partial charge in [-0.05, 0) is 73.2 Å². The molecule has 4 aromatic carbocycles. The number of benzene rings is 4. The fraction of sp³-hybridized carbons (Fsp3) is 0.138. The normalized spacial score (nSPS) is 12.4. The van der Waals surface area contributed by atoms with Crippen molar-refractivity contribution in [2.75, 3.05) is 17.1 Å². The average molecular weight is 565 g/mol. The molecular weight excluding hydrogens is 536 g/mol. The lowest BCUT2D eigenvalue weighted by Crippen LogP contribution is -2.41. The Labute approximate surface area is 228 Å². The van der Waals surface area contributed by atoms with E-state index in [1.54, 1.807) is 73.7 Å². The molecule has 1 N–H and O–H groups in total. The van der Waals surface area contributed by atoms with E-state index >= 15 is 0 Å². The van der Waals surface area contributed by atoms with E-state index in [4.69, 9.17) is 4.74 Å². The Hall–Kier alpha value is -4.15. The number of carbonyl (C=O) groups is 1. The van der Waals surface area contributed by atoms with E-state index in [2.05, 4.69) is 5.32 Å². The van der Waals surface area contributed by atoms with E-state index in [0.29, 0.717) is 22.7 Å². The van der Waals surface area contributed by atoms with Crippen molar-refractivity contribution < 1.29 is 26.4 Å². The SMILES string of the molecule is C[C@H](NC(=O)CN(c1ccc(Oc2ccccc2)cc1)S(=O)(=O)c1ccccc1)c1ccc(S(C)(=O)=O)cc1. The Morgan fingerprint density at radius 2 is 1.28 bits per heavy atom. The molecule has 0 aliphatic rings. The minimum Gasteiger partial charge on any atom is -0.457 e. The van der Waals surface area contributed by atoms with Crippen LogP contribution in [0.1, 0.15) is 18.5 Å². The van der Waals surface area contributed by atoms with Crippen LogP contribution in [0.3, 0.4) is 0 Å². The number of nitrogens with zero attached hydrogens (tertiary/aromatic N) is 1. The van der Waals surface area contributed by atoms with Gasteiger partial charge in [0, 0.05) is 6.26 Å². The van der Waals surface area contributed by atoms with Gasteiger partial charge in [0.15, 0.2) is 9.84 Å². The molecule has 1 amide bonds. The van der Waals surface area contributed by atoms with Crippen LogP contribution in [0.4, 0.5) is 5.69 Å². The Bertz CT molecular complexity index is 1620.